The van der Waals surface area contributed by atoms with Gasteiger partial charge in [-0.15, -0.1) is 0 Å². The first-order chi connectivity index (χ1) is 10.8. The average molecular weight is 302 g/mol. The van der Waals surface area contributed by atoms with E-state index in [2.05, 4.69) is 22.4 Å². The van der Waals surface area contributed by atoms with Gasteiger partial charge in [-0.1, -0.05) is 18.6 Å². The van der Waals surface area contributed by atoms with Gasteiger partial charge in [0.15, 0.2) is 0 Å². The maximum atomic E-state index is 12.4. The Bertz CT molecular complexity index is 489. The molecule has 2 atom stereocenters. The number of hydrogen-bond donors (Lipinski definition) is 1. The van der Waals surface area contributed by atoms with Crippen LogP contribution < -0.4 is 5.32 Å². The van der Waals surface area contributed by atoms with Gasteiger partial charge in [-0.25, -0.2) is 0 Å². The molecule has 1 aliphatic heterocycles. The molecule has 4 heteroatoms. The second-order valence-electron chi connectivity index (χ2n) is 6.35. The lowest BCUT2D eigenvalue weighted by Crippen LogP contribution is -2.42. The Kier molecular flexibility index (Phi) is 5.33. The van der Waals surface area contributed by atoms with E-state index in [-0.39, 0.29) is 17.9 Å². The summed E-state index contributed by atoms with van der Waals surface area (Å²) in [5, 5.41) is 3.16. The van der Waals surface area contributed by atoms with Gasteiger partial charge in [0, 0.05) is 12.5 Å². The van der Waals surface area contributed by atoms with Crippen molar-refractivity contribution in [1.82, 2.24) is 10.2 Å². The first-order valence-electron chi connectivity index (χ1n) is 8.55. The van der Waals surface area contributed by atoms with Gasteiger partial charge in [0.05, 0.1) is 12.3 Å². The van der Waals surface area contributed by atoms with Crippen LogP contribution in [-0.2, 0) is 4.79 Å². The Labute approximate surface area is 132 Å². The summed E-state index contributed by atoms with van der Waals surface area (Å²) in [6.45, 7) is 2.83. The van der Waals surface area contributed by atoms with Crippen molar-refractivity contribution in [1.29, 1.82) is 0 Å². The van der Waals surface area contributed by atoms with Gasteiger partial charge in [-0.05, 0) is 57.3 Å². The maximum Gasteiger partial charge on any atom is 0.223 e. The number of hydrogen-bond acceptors (Lipinski definition) is 3. The summed E-state index contributed by atoms with van der Waals surface area (Å²) < 4.78 is 5.62. The molecule has 0 unspecified atom stereocenters. The van der Waals surface area contributed by atoms with Crippen LogP contribution in [0.25, 0.3) is 0 Å². The third-order valence-electron chi connectivity index (χ3n) is 4.81. The third-order valence-corrected chi connectivity index (χ3v) is 4.81. The molecule has 1 fully saturated rings. The van der Waals surface area contributed by atoms with Crippen LogP contribution in [0.5, 0.6) is 0 Å². The van der Waals surface area contributed by atoms with E-state index in [1.54, 1.807) is 6.26 Å². The summed E-state index contributed by atoms with van der Waals surface area (Å²) >= 11 is 0. The van der Waals surface area contributed by atoms with E-state index < -0.39 is 0 Å². The molecule has 0 saturated carbocycles. The van der Waals surface area contributed by atoms with Crippen molar-refractivity contribution in [2.24, 2.45) is 5.92 Å². The molecular weight excluding hydrogens is 276 g/mol. The lowest BCUT2D eigenvalue weighted by atomic mass is 9.93. The zero-order valence-electron chi connectivity index (χ0n) is 13.2. The molecule has 0 bridgehead atoms. The number of nitrogens with one attached hydrogen (secondary N) is 1. The normalized spacial score (nSPS) is 24.1. The van der Waals surface area contributed by atoms with Gasteiger partial charge in [0.2, 0.25) is 5.91 Å². The fraction of sp³-hybridized carbons (Fsp3) is 0.611. The van der Waals surface area contributed by atoms with E-state index in [4.69, 9.17) is 4.42 Å². The average Bonchev–Trinajstić information content (AvgIpc) is 3.11. The van der Waals surface area contributed by atoms with Crippen LogP contribution in [0.15, 0.2) is 35.0 Å². The molecule has 3 rings (SSSR count). The van der Waals surface area contributed by atoms with Gasteiger partial charge >= 0.3 is 0 Å². The molecule has 1 saturated heterocycles. The van der Waals surface area contributed by atoms with Crippen LogP contribution in [0, 0.1) is 5.92 Å². The fourth-order valence-corrected chi connectivity index (χ4v) is 3.49. The SMILES string of the molecule is O=C(NC[C@H](c1ccco1)N1CCCCC1)[C@@H]1CC=CCC1. The molecule has 0 radical (unpaired) electrons. The van der Waals surface area contributed by atoms with Crippen molar-refractivity contribution in [2.45, 2.75) is 44.6 Å². The van der Waals surface area contributed by atoms with E-state index in [1.165, 1.54) is 19.3 Å². The highest BCUT2D eigenvalue weighted by Gasteiger charge is 2.26. The number of allylic oxidation sites excluding steroid dienone is 2. The van der Waals surface area contributed by atoms with Crippen LogP contribution in [0.4, 0.5) is 0 Å². The number of piperidine rings is 1. The van der Waals surface area contributed by atoms with Crippen LogP contribution in [-0.4, -0.2) is 30.4 Å². The molecule has 2 heterocycles. The standard InChI is InChI=1S/C18H26N2O2/c21-18(15-8-3-1-4-9-15)19-14-16(17-10-7-13-22-17)20-11-5-2-6-12-20/h1,3,7,10,13,15-16H,2,4-6,8-9,11-12,14H2,(H,19,21)/t15-,16-/m1/s1. The van der Waals surface area contributed by atoms with Crippen molar-refractivity contribution < 1.29 is 9.21 Å². The molecule has 1 aromatic rings. The summed E-state index contributed by atoms with van der Waals surface area (Å²) in [6, 6.07) is 4.12. The molecule has 1 amide bonds. The number of amides is 1. The van der Waals surface area contributed by atoms with Crippen molar-refractivity contribution in [3.63, 3.8) is 0 Å². The maximum absolute atomic E-state index is 12.4. The van der Waals surface area contributed by atoms with Crippen LogP contribution >= 0.6 is 0 Å². The number of furan rings is 1. The molecule has 1 aliphatic carbocycles. The monoisotopic (exact) mass is 302 g/mol. The molecule has 120 valence electrons. The Hall–Kier alpha value is -1.55. The fourth-order valence-electron chi connectivity index (χ4n) is 3.49. The summed E-state index contributed by atoms with van der Waals surface area (Å²) in [5.74, 6) is 1.30. The highest BCUT2D eigenvalue weighted by Crippen LogP contribution is 2.25. The number of carbonyl (C=O) groups excluding carboxylic acids is 1. The minimum absolute atomic E-state index is 0.142. The zero-order chi connectivity index (χ0) is 15.2. The van der Waals surface area contributed by atoms with Crippen LogP contribution in [0.2, 0.25) is 0 Å². The molecule has 4 nitrogen and oxygen atoms in total. The molecule has 2 aliphatic rings. The number of nitrogens with zero attached hydrogens (tertiary/aromatic N) is 1. The Balaban J connectivity index is 1.60. The highest BCUT2D eigenvalue weighted by molar-refractivity contribution is 5.79. The lowest BCUT2D eigenvalue weighted by Gasteiger charge is -2.33. The third kappa shape index (κ3) is 3.80. The number of likely N-dealkylation sites (tertiary alicyclic amines) is 1. The van der Waals surface area contributed by atoms with Crippen molar-refractivity contribution in [3.05, 3.63) is 36.3 Å². The molecule has 1 aromatic heterocycles. The molecule has 1 N–H and O–H groups in total. The largest absolute Gasteiger partial charge is 0.468 e. The Morgan fingerprint density at radius 2 is 2.18 bits per heavy atom. The predicted octanol–water partition coefficient (Wildman–Crippen LogP) is 3.28. The molecule has 0 aromatic carbocycles. The smallest absolute Gasteiger partial charge is 0.223 e. The lowest BCUT2D eigenvalue weighted by molar-refractivity contribution is -0.125. The van der Waals surface area contributed by atoms with E-state index in [0.717, 1.165) is 38.1 Å². The van der Waals surface area contributed by atoms with E-state index in [0.29, 0.717) is 6.54 Å². The molecule has 0 spiro atoms. The predicted molar refractivity (Wildman–Crippen MR) is 86.4 cm³/mol. The summed E-state index contributed by atoms with van der Waals surface area (Å²) in [7, 11) is 0. The zero-order valence-corrected chi connectivity index (χ0v) is 13.2. The second-order valence-corrected chi connectivity index (χ2v) is 6.35. The number of rotatable bonds is 5. The van der Waals surface area contributed by atoms with Gasteiger partial charge in [0.25, 0.3) is 0 Å². The van der Waals surface area contributed by atoms with Crippen LogP contribution in [0.3, 0.4) is 0 Å². The Morgan fingerprint density at radius 3 is 2.86 bits per heavy atom. The van der Waals surface area contributed by atoms with Gasteiger partial charge in [-0.2, -0.15) is 0 Å². The summed E-state index contributed by atoms with van der Waals surface area (Å²) in [5.41, 5.74) is 0. The van der Waals surface area contributed by atoms with Gasteiger partial charge in [-0.3, -0.25) is 9.69 Å². The van der Waals surface area contributed by atoms with E-state index in [1.807, 2.05) is 12.1 Å². The summed E-state index contributed by atoms with van der Waals surface area (Å²) in [6.07, 6.45) is 12.7. The first-order valence-corrected chi connectivity index (χ1v) is 8.55. The molecular formula is C18H26N2O2. The number of carbonyl (C=O) groups is 1. The van der Waals surface area contributed by atoms with E-state index in [9.17, 15) is 4.79 Å². The topological polar surface area (TPSA) is 45.5 Å². The first kappa shape index (κ1) is 15.3. The highest BCUT2D eigenvalue weighted by atomic mass is 16.3. The molecule has 22 heavy (non-hydrogen) atoms. The quantitative estimate of drug-likeness (QED) is 0.849. The second kappa shape index (κ2) is 7.63. The van der Waals surface area contributed by atoms with Crippen molar-refractivity contribution in [2.75, 3.05) is 19.6 Å². The van der Waals surface area contributed by atoms with Crippen LogP contribution in [0.1, 0.15) is 50.3 Å². The summed E-state index contributed by atoms with van der Waals surface area (Å²) in [4.78, 5) is 14.8. The Morgan fingerprint density at radius 1 is 1.32 bits per heavy atom. The van der Waals surface area contributed by atoms with Gasteiger partial charge < -0.3 is 9.73 Å². The van der Waals surface area contributed by atoms with E-state index >= 15 is 0 Å². The van der Waals surface area contributed by atoms with Crippen molar-refractivity contribution >= 4 is 5.91 Å². The minimum atomic E-state index is 0.142. The van der Waals surface area contributed by atoms with Gasteiger partial charge in [0.1, 0.15) is 5.76 Å². The van der Waals surface area contributed by atoms with Crippen molar-refractivity contribution in [3.8, 4) is 0 Å². The minimum Gasteiger partial charge on any atom is -0.468 e.